The molecule has 3 aromatic carbocycles. The second-order valence-corrected chi connectivity index (χ2v) is 10.4. The van der Waals surface area contributed by atoms with E-state index in [1.165, 1.54) is 35.2 Å². The Bertz CT molecular complexity index is 1490. The van der Waals surface area contributed by atoms with Crippen LogP contribution in [0, 0.1) is 17.1 Å². The zero-order chi connectivity index (χ0) is 24.7. The number of fused-ring (bicyclic) bond motifs is 1. The summed E-state index contributed by atoms with van der Waals surface area (Å²) in [4.78, 5) is 27.5. The average molecular weight is 490 g/mol. The molecule has 1 aliphatic heterocycles. The first-order valence-corrected chi connectivity index (χ1v) is 12.5. The van der Waals surface area contributed by atoms with Crippen LogP contribution in [0.5, 0.6) is 0 Å². The van der Waals surface area contributed by atoms with Crippen LogP contribution in [0.2, 0.25) is 0 Å². The molecule has 1 saturated carbocycles. The van der Waals surface area contributed by atoms with Gasteiger partial charge in [-0.1, -0.05) is 24.3 Å². The van der Waals surface area contributed by atoms with Crippen LogP contribution in [-0.2, 0) is 23.1 Å². The SMILES string of the molecule is N#Cc1ccc(CN(Cc2cccc(F)c2)C(=O)c2ccc3c(c2)S(=O)(=O)N(C2CC2)C3=O)cc1. The van der Waals surface area contributed by atoms with E-state index < -0.39 is 27.7 Å². The van der Waals surface area contributed by atoms with Gasteiger partial charge in [0.25, 0.3) is 21.8 Å². The molecule has 5 rings (SSSR count). The van der Waals surface area contributed by atoms with E-state index in [2.05, 4.69) is 0 Å². The summed E-state index contributed by atoms with van der Waals surface area (Å²) in [5.41, 5.74) is 1.97. The van der Waals surface area contributed by atoms with Gasteiger partial charge in [-0.2, -0.15) is 5.26 Å². The van der Waals surface area contributed by atoms with E-state index in [4.69, 9.17) is 5.26 Å². The largest absolute Gasteiger partial charge is 0.330 e. The Hall–Kier alpha value is -4.03. The minimum absolute atomic E-state index is 0.0669. The Morgan fingerprint density at radius 3 is 2.40 bits per heavy atom. The maximum atomic E-state index is 13.8. The van der Waals surface area contributed by atoms with Crippen molar-refractivity contribution in [3.63, 3.8) is 0 Å². The van der Waals surface area contributed by atoms with E-state index >= 15 is 0 Å². The highest BCUT2D eigenvalue weighted by molar-refractivity contribution is 7.90. The van der Waals surface area contributed by atoms with E-state index in [1.54, 1.807) is 36.4 Å². The predicted octanol–water partition coefficient (Wildman–Crippen LogP) is 3.85. The zero-order valence-electron chi connectivity index (χ0n) is 18.5. The number of carbonyl (C=O) groups is 2. The second-order valence-electron chi connectivity index (χ2n) is 8.65. The summed E-state index contributed by atoms with van der Waals surface area (Å²) in [5.74, 6) is -1.46. The maximum Gasteiger partial charge on any atom is 0.269 e. The van der Waals surface area contributed by atoms with Crippen molar-refractivity contribution in [3.8, 4) is 6.07 Å². The Morgan fingerprint density at radius 1 is 1.03 bits per heavy atom. The van der Waals surface area contributed by atoms with Crippen LogP contribution in [-0.4, -0.2) is 35.5 Å². The van der Waals surface area contributed by atoms with E-state index in [1.807, 2.05) is 6.07 Å². The highest BCUT2D eigenvalue weighted by atomic mass is 32.2. The molecule has 0 unspecified atom stereocenters. The molecule has 3 aromatic rings. The van der Waals surface area contributed by atoms with Crippen LogP contribution in [0.15, 0.2) is 71.6 Å². The van der Waals surface area contributed by atoms with Crippen LogP contribution < -0.4 is 0 Å². The van der Waals surface area contributed by atoms with Gasteiger partial charge in [0.05, 0.1) is 17.2 Å². The summed E-state index contributed by atoms with van der Waals surface area (Å²) in [6, 6.07) is 18.4. The number of nitrogens with zero attached hydrogens (tertiary/aromatic N) is 3. The molecule has 1 fully saturated rings. The number of halogens is 1. The molecule has 9 heteroatoms. The van der Waals surface area contributed by atoms with Gasteiger partial charge < -0.3 is 4.90 Å². The van der Waals surface area contributed by atoms with Gasteiger partial charge in [-0.3, -0.25) is 9.59 Å². The van der Waals surface area contributed by atoms with Crippen molar-refractivity contribution in [2.75, 3.05) is 0 Å². The Kier molecular flexibility index (Phi) is 5.61. The lowest BCUT2D eigenvalue weighted by Crippen LogP contribution is -2.32. The summed E-state index contributed by atoms with van der Waals surface area (Å²) in [7, 11) is -4.01. The van der Waals surface area contributed by atoms with E-state index in [9.17, 15) is 22.4 Å². The Labute approximate surface area is 202 Å². The van der Waals surface area contributed by atoms with E-state index in [-0.39, 0.29) is 35.2 Å². The number of rotatable bonds is 6. The summed E-state index contributed by atoms with van der Waals surface area (Å²) >= 11 is 0. The van der Waals surface area contributed by atoms with Crippen molar-refractivity contribution in [2.24, 2.45) is 0 Å². The number of nitriles is 1. The molecular weight excluding hydrogens is 469 g/mol. The second kappa shape index (κ2) is 8.64. The average Bonchev–Trinajstić information content (AvgIpc) is 3.65. The molecule has 0 N–H and O–H groups in total. The van der Waals surface area contributed by atoms with Gasteiger partial charge in [-0.05, 0) is 66.4 Å². The summed E-state index contributed by atoms with van der Waals surface area (Å²) < 4.78 is 40.7. The molecule has 35 heavy (non-hydrogen) atoms. The fraction of sp³-hybridized carbons (Fsp3) is 0.192. The molecule has 0 radical (unpaired) electrons. The first-order valence-electron chi connectivity index (χ1n) is 11.0. The van der Waals surface area contributed by atoms with Crippen molar-refractivity contribution >= 4 is 21.8 Å². The molecule has 0 aromatic heterocycles. The lowest BCUT2D eigenvalue weighted by atomic mass is 10.1. The summed E-state index contributed by atoms with van der Waals surface area (Å²) in [5, 5.41) is 9.04. The molecule has 0 saturated heterocycles. The van der Waals surface area contributed by atoms with Crippen LogP contribution in [0.1, 0.15) is 50.2 Å². The topological polar surface area (TPSA) is 98.6 Å². The third-order valence-electron chi connectivity index (χ3n) is 6.08. The predicted molar refractivity (Wildman–Crippen MR) is 124 cm³/mol. The number of hydrogen-bond acceptors (Lipinski definition) is 5. The number of carbonyl (C=O) groups excluding carboxylic acids is 2. The number of sulfonamides is 1. The Morgan fingerprint density at radius 2 is 1.74 bits per heavy atom. The molecule has 0 spiro atoms. The summed E-state index contributed by atoms with van der Waals surface area (Å²) in [6.45, 7) is 0.228. The van der Waals surface area contributed by atoms with Crippen LogP contribution in [0.4, 0.5) is 4.39 Å². The zero-order valence-corrected chi connectivity index (χ0v) is 19.3. The van der Waals surface area contributed by atoms with Gasteiger partial charge in [0, 0.05) is 24.7 Å². The molecule has 2 amide bonds. The molecule has 1 aliphatic carbocycles. The van der Waals surface area contributed by atoms with Crippen molar-refractivity contribution in [1.29, 1.82) is 5.26 Å². The number of amides is 2. The first kappa shape index (κ1) is 22.7. The third-order valence-corrected chi connectivity index (χ3v) is 7.96. The quantitative estimate of drug-likeness (QED) is 0.524. The van der Waals surface area contributed by atoms with Gasteiger partial charge in [-0.15, -0.1) is 0 Å². The monoisotopic (exact) mass is 489 g/mol. The molecular formula is C26H20FN3O4S. The molecule has 2 aliphatic rings. The van der Waals surface area contributed by atoms with E-state index in [0.717, 1.165) is 9.87 Å². The molecule has 0 atom stereocenters. The maximum absolute atomic E-state index is 13.8. The number of benzene rings is 3. The van der Waals surface area contributed by atoms with E-state index in [0.29, 0.717) is 24.0 Å². The smallest absolute Gasteiger partial charge is 0.269 e. The van der Waals surface area contributed by atoms with Gasteiger partial charge >= 0.3 is 0 Å². The van der Waals surface area contributed by atoms with Crippen LogP contribution in [0.3, 0.4) is 0 Å². The highest BCUT2D eigenvalue weighted by Crippen LogP contribution is 2.39. The van der Waals surface area contributed by atoms with Crippen LogP contribution >= 0.6 is 0 Å². The minimum atomic E-state index is -4.01. The normalized spacial score (nSPS) is 16.0. The molecule has 7 nitrogen and oxygen atoms in total. The minimum Gasteiger partial charge on any atom is -0.330 e. The van der Waals surface area contributed by atoms with Crippen molar-refractivity contribution < 1.29 is 22.4 Å². The standard InChI is InChI=1S/C26H20FN3O4S/c27-21-3-1-2-19(12-21)16-29(15-18-6-4-17(14-28)5-7-18)25(31)20-8-11-23-24(13-20)35(33,34)30(26(23)32)22-9-10-22/h1-8,11-13,22H,9-10,15-16H2. The van der Waals surface area contributed by atoms with Gasteiger partial charge in [0.2, 0.25) is 0 Å². The van der Waals surface area contributed by atoms with Crippen molar-refractivity contribution in [3.05, 3.63) is 100 Å². The number of hydrogen-bond donors (Lipinski definition) is 0. The first-order chi connectivity index (χ1) is 16.8. The molecule has 176 valence electrons. The van der Waals surface area contributed by atoms with Gasteiger partial charge in [-0.25, -0.2) is 17.1 Å². The fourth-order valence-corrected chi connectivity index (χ4v) is 6.03. The lowest BCUT2D eigenvalue weighted by Gasteiger charge is -2.23. The van der Waals surface area contributed by atoms with Crippen molar-refractivity contribution in [2.45, 2.75) is 36.9 Å². The lowest BCUT2D eigenvalue weighted by molar-refractivity contribution is 0.0728. The van der Waals surface area contributed by atoms with Crippen LogP contribution in [0.25, 0.3) is 0 Å². The highest BCUT2D eigenvalue weighted by Gasteiger charge is 2.48. The van der Waals surface area contributed by atoms with Crippen molar-refractivity contribution in [1.82, 2.24) is 9.21 Å². The Balaban J connectivity index is 1.49. The summed E-state index contributed by atoms with van der Waals surface area (Å²) in [6.07, 6.45) is 1.27. The van der Waals surface area contributed by atoms with Gasteiger partial charge in [0.1, 0.15) is 10.7 Å². The molecule has 0 bridgehead atoms. The van der Waals surface area contributed by atoms with Gasteiger partial charge in [0.15, 0.2) is 0 Å². The fourth-order valence-electron chi connectivity index (χ4n) is 4.19. The molecule has 1 heterocycles. The third kappa shape index (κ3) is 4.29.